The lowest BCUT2D eigenvalue weighted by molar-refractivity contribution is 0.262. The number of primary sulfonamides is 1. The zero-order valence-corrected chi connectivity index (χ0v) is 18.3. The molecule has 0 saturated carbocycles. The van der Waals surface area contributed by atoms with Gasteiger partial charge in [0.2, 0.25) is 10.0 Å². The molecule has 0 aliphatic heterocycles. The molecule has 158 valence electrons. The summed E-state index contributed by atoms with van der Waals surface area (Å²) < 4.78 is 24.9. The van der Waals surface area contributed by atoms with Gasteiger partial charge in [-0.1, -0.05) is 23.9 Å². The SMILES string of the molecule is Cc1cc(NC(=O)Nc2cccc(C(C)Sc3nncn3C)c2)ccc1S(N)(=O)=O. The Morgan fingerprint density at radius 1 is 1.17 bits per heavy atom. The number of benzene rings is 2. The van der Waals surface area contributed by atoms with E-state index in [1.165, 1.54) is 12.1 Å². The summed E-state index contributed by atoms with van der Waals surface area (Å²) in [7, 11) is -1.92. The van der Waals surface area contributed by atoms with Gasteiger partial charge in [-0.25, -0.2) is 18.4 Å². The van der Waals surface area contributed by atoms with E-state index in [9.17, 15) is 13.2 Å². The van der Waals surface area contributed by atoms with Crippen LogP contribution in [0.2, 0.25) is 0 Å². The standard InChI is InChI=1S/C19H22N6O3S2/c1-12-9-16(7-8-17(12)30(20,27)28)23-18(26)22-15-6-4-5-14(10-15)13(2)29-19-24-21-11-25(19)3/h4-11,13H,1-3H3,(H2,20,27,28)(H2,22,23,26). The Morgan fingerprint density at radius 2 is 1.87 bits per heavy atom. The van der Waals surface area contributed by atoms with Crippen LogP contribution < -0.4 is 15.8 Å². The predicted molar refractivity (Wildman–Crippen MR) is 117 cm³/mol. The number of aromatic nitrogens is 3. The highest BCUT2D eigenvalue weighted by Gasteiger charge is 2.14. The van der Waals surface area contributed by atoms with Crippen molar-refractivity contribution >= 4 is 39.2 Å². The van der Waals surface area contributed by atoms with Crippen LogP contribution in [0.25, 0.3) is 0 Å². The minimum Gasteiger partial charge on any atom is -0.312 e. The first-order valence-electron chi connectivity index (χ1n) is 8.95. The Hall–Kier alpha value is -2.89. The fraction of sp³-hybridized carbons (Fsp3) is 0.211. The molecule has 0 aliphatic rings. The normalized spacial score (nSPS) is 12.4. The third-order valence-electron chi connectivity index (χ3n) is 4.31. The molecular weight excluding hydrogens is 424 g/mol. The Bertz CT molecular complexity index is 1180. The van der Waals surface area contributed by atoms with Crippen LogP contribution >= 0.6 is 11.8 Å². The second kappa shape index (κ2) is 8.86. The van der Waals surface area contributed by atoms with Crippen molar-refractivity contribution in [1.29, 1.82) is 0 Å². The van der Waals surface area contributed by atoms with Crippen LogP contribution in [-0.2, 0) is 17.1 Å². The number of urea groups is 1. The molecule has 3 rings (SSSR count). The number of aryl methyl sites for hydroxylation is 2. The zero-order chi connectivity index (χ0) is 21.9. The summed E-state index contributed by atoms with van der Waals surface area (Å²) in [5, 5.41) is 19.5. The molecule has 2 aromatic carbocycles. The highest BCUT2D eigenvalue weighted by Crippen LogP contribution is 2.34. The summed E-state index contributed by atoms with van der Waals surface area (Å²) in [6, 6.07) is 11.5. The van der Waals surface area contributed by atoms with Crippen molar-refractivity contribution in [2.75, 3.05) is 10.6 Å². The van der Waals surface area contributed by atoms with Crippen molar-refractivity contribution in [3.63, 3.8) is 0 Å². The van der Waals surface area contributed by atoms with Gasteiger partial charge < -0.3 is 15.2 Å². The van der Waals surface area contributed by atoms with Crippen molar-refractivity contribution in [3.05, 3.63) is 59.9 Å². The molecule has 1 atom stereocenters. The van der Waals surface area contributed by atoms with Gasteiger partial charge in [0.15, 0.2) is 5.16 Å². The first-order valence-corrected chi connectivity index (χ1v) is 11.4. The number of carbonyl (C=O) groups excluding carboxylic acids is 1. The fourth-order valence-electron chi connectivity index (χ4n) is 2.81. The number of nitrogens with one attached hydrogen (secondary N) is 2. The second-order valence-corrected chi connectivity index (χ2v) is 9.55. The van der Waals surface area contributed by atoms with Gasteiger partial charge in [0.1, 0.15) is 6.33 Å². The number of rotatable bonds is 6. The van der Waals surface area contributed by atoms with E-state index in [2.05, 4.69) is 20.8 Å². The maximum absolute atomic E-state index is 12.4. The Kier molecular flexibility index (Phi) is 6.44. The highest BCUT2D eigenvalue weighted by atomic mass is 32.2. The zero-order valence-electron chi connectivity index (χ0n) is 16.7. The van der Waals surface area contributed by atoms with Crippen LogP contribution in [0.15, 0.2) is 58.8 Å². The minimum atomic E-state index is -3.80. The van der Waals surface area contributed by atoms with Gasteiger partial charge in [-0.3, -0.25) is 0 Å². The maximum atomic E-state index is 12.4. The van der Waals surface area contributed by atoms with E-state index in [1.807, 2.05) is 36.7 Å². The number of amides is 2. The molecule has 2 amide bonds. The number of anilines is 2. The van der Waals surface area contributed by atoms with Crippen LogP contribution in [0, 0.1) is 6.92 Å². The van der Waals surface area contributed by atoms with Crippen molar-refractivity contribution in [2.45, 2.75) is 29.1 Å². The predicted octanol–water partition coefficient (Wildman–Crippen LogP) is 3.27. The summed E-state index contributed by atoms with van der Waals surface area (Å²) in [6.45, 7) is 3.66. The molecule has 0 aliphatic carbocycles. The summed E-state index contributed by atoms with van der Waals surface area (Å²) in [4.78, 5) is 12.4. The van der Waals surface area contributed by atoms with Gasteiger partial charge in [-0.2, -0.15) is 0 Å². The quantitative estimate of drug-likeness (QED) is 0.498. The Balaban J connectivity index is 1.66. The third-order valence-corrected chi connectivity index (χ3v) is 6.58. The van der Waals surface area contributed by atoms with Crippen LogP contribution in [0.1, 0.15) is 23.3 Å². The average molecular weight is 447 g/mol. The molecule has 1 heterocycles. The van der Waals surface area contributed by atoms with E-state index in [0.717, 1.165) is 10.7 Å². The summed E-state index contributed by atoms with van der Waals surface area (Å²) >= 11 is 1.57. The minimum absolute atomic E-state index is 0.0237. The van der Waals surface area contributed by atoms with E-state index >= 15 is 0 Å². The van der Waals surface area contributed by atoms with Crippen LogP contribution in [0.3, 0.4) is 0 Å². The molecule has 3 aromatic rings. The van der Waals surface area contributed by atoms with Crippen LogP contribution in [0.4, 0.5) is 16.2 Å². The number of sulfonamides is 1. The lowest BCUT2D eigenvalue weighted by Crippen LogP contribution is -2.20. The molecule has 9 nitrogen and oxygen atoms in total. The molecule has 30 heavy (non-hydrogen) atoms. The summed E-state index contributed by atoms with van der Waals surface area (Å²) in [5.74, 6) is 0. The number of hydrogen-bond donors (Lipinski definition) is 3. The molecule has 0 saturated heterocycles. The summed E-state index contributed by atoms with van der Waals surface area (Å²) in [5.41, 5.74) is 2.56. The molecular formula is C19H22N6O3S2. The van der Waals surface area contributed by atoms with Crippen molar-refractivity contribution < 1.29 is 13.2 Å². The van der Waals surface area contributed by atoms with Crippen molar-refractivity contribution in [1.82, 2.24) is 14.8 Å². The second-order valence-electron chi connectivity index (χ2n) is 6.71. The molecule has 11 heteroatoms. The third kappa shape index (κ3) is 5.38. The topological polar surface area (TPSA) is 132 Å². The monoisotopic (exact) mass is 446 g/mol. The van der Waals surface area contributed by atoms with E-state index in [1.54, 1.807) is 37.1 Å². The number of thioether (sulfide) groups is 1. The highest BCUT2D eigenvalue weighted by molar-refractivity contribution is 7.99. The largest absolute Gasteiger partial charge is 0.323 e. The summed E-state index contributed by atoms with van der Waals surface area (Å²) in [6.07, 6.45) is 1.65. The van der Waals surface area contributed by atoms with Gasteiger partial charge in [-0.05, 0) is 55.3 Å². The molecule has 0 bridgehead atoms. The first kappa shape index (κ1) is 21.8. The lowest BCUT2D eigenvalue weighted by atomic mass is 10.1. The smallest absolute Gasteiger partial charge is 0.312 e. The van der Waals surface area contributed by atoms with Gasteiger partial charge in [-0.15, -0.1) is 10.2 Å². The molecule has 1 unspecified atom stereocenters. The Morgan fingerprint density at radius 3 is 2.47 bits per heavy atom. The van der Waals surface area contributed by atoms with Crippen LogP contribution in [0.5, 0.6) is 0 Å². The van der Waals surface area contributed by atoms with E-state index in [0.29, 0.717) is 16.9 Å². The van der Waals surface area contributed by atoms with Crippen molar-refractivity contribution in [2.24, 2.45) is 12.2 Å². The first-order chi connectivity index (χ1) is 14.1. The van der Waals surface area contributed by atoms with E-state index < -0.39 is 16.1 Å². The number of nitrogens with zero attached hydrogens (tertiary/aromatic N) is 3. The Labute approximate surface area is 179 Å². The van der Waals surface area contributed by atoms with Crippen LogP contribution in [-0.4, -0.2) is 29.2 Å². The number of nitrogens with two attached hydrogens (primary N) is 1. The number of hydrogen-bond acceptors (Lipinski definition) is 6. The van der Waals surface area contributed by atoms with E-state index in [-0.39, 0.29) is 10.1 Å². The van der Waals surface area contributed by atoms with Gasteiger partial charge in [0.25, 0.3) is 0 Å². The molecule has 0 spiro atoms. The molecule has 0 radical (unpaired) electrons. The lowest BCUT2D eigenvalue weighted by Gasteiger charge is -2.13. The fourth-order valence-corrected chi connectivity index (χ4v) is 4.49. The molecule has 1 aromatic heterocycles. The molecule has 4 N–H and O–H groups in total. The number of carbonyl (C=O) groups is 1. The average Bonchev–Trinajstić information content (AvgIpc) is 3.05. The maximum Gasteiger partial charge on any atom is 0.323 e. The molecule has 0 fully saturated rings. The van der Waals surface area contributed by atoms with Crippen molar-refractivity contribution in [3.8, 4) is 0 Å². The van der Waals surface area contributed by atoms with Gasteiger partial charge in [0.05, 0.1) is 4.90 Å². The van der Waals surface area contributed by atoms with E-state index in [4.69, 9.17) is 5.14 Å². The van der Waals surface area contributed by atoms with Gasteiger partial charge >= 0.3 is 6.03 Å². The van der Waals surface area contributed by atoms with Gasteiger partial charge in [0, 0.05) is 23.7 Å².